The van der Waals surface area contributed by atoms with Gasteiger partial charge in [0.2, 0.25) is 10.0 Å². The molecule has 7 heteroatoms. The van der Waals surface area contributed by atoms with Crippen molar-refractivity contribution in [1.82, 2.24) is 4.72 Å². The van der Waals surface area contributed by atoms with Crippen LogP contribution in [0.2, 0.25) is 0 Å². The van der Waals surface area contributed by atoms with E-state index in [0.717, 1.165) is 18.5 Å². The number of nitrogens with zero attached hydrogens (tertiary/aromatic N) is 1. The van der Waals surface area contributed by atoms with Crippen molar-refractivity contribution >= 4 is 21.6 Å². The molecule has 6 nitrogen and oxygen atoms in total. The molecule has 152 valence electrons. The van der Waals surface area contributed by atoms with Crippen molar-refractivity contribution in [2.45, 2.75) is 30.7 Å². The Labute approximate surface area is 171 Å². The van der Waals surface area contributed by atoms with Gasteiger partial charge in [0.05, 0.1) is 18.6 Å². The minimum absolute atomic E-state index is 0.0385. The number of carbonyl (C=O) groups excluding carboxylic acids is 1. The van der Waals surface area contributed by atoms with Crippen LogP contribution in [0.1, 0.15) is 30.1 Å². The van der Waals surface area contributed by atoms with Crippen molar-refractivity contribution in [2.75, 3.05) is 18.6 Å². The Morgan fingerprint density at radius 3 is 2.34 bits per heavy atom. The normalized spacial score (nSPS) is 14.7. The predicted molar refractivity (Wildman–Crippen MR) is 112 cm³/mol. The number of anilines is 1. The first kappa shape index (κ1) is 20.9. The first-order valence-electron chi connectivity index (χ1n) is 9.38. The topological polar surface area (TPSA) is 75.7 Å². The average molecular weight is 413 g/mol. The molecule has 2 aromatic rings. The minimum Gasteiger partial charge on any atom is -0.497 e. The molecule has 0 aliphatic heterocycles. The molecule has 0 spiro atoms. The molecule has 1 atom stereocenters. The molecule has 0 radical (unpaired) electrons. The van der Waals surface area contributed by atoms with Gasteiger partial charge in [-0.15, -0.1) is 6.42 Å². The van der Waals surface area contributed by atoms with Gasteiger partial charge in [-0.3, -0.25) is 4.79 Å². The van der Waals surface area contributed by atoms with E-state index >= 15 is 0 Å². The third-order valence-corrected chi connectivity index (χ3v) is 6.47. The molecule has 3 rings (SSSR count). The van der Waals surface area contributed by atoms with Gasteiger partial charge in [-0.2, -0.15) is 4.72 Å². The summed E-state index contributed by atoms with van der Waals surface area (Å²) in [4.78, 5) is 15.1. The summed E-state index contributed by atoms with van der Waals surface area (Å²) in [5.74, 6) is 3.25. The molecule has 0 saturated heterocycles. The van der Waals surface area contributed by atoms with Crippen molar-refractivity contribution in [3.63, 3.8) is 0 Å². The summed E-state index contributed by atoms with van der Waals surface area (Å²) in [6.45, 7) is 1.95. The quantitative estimate of drug-likeness (QED) is 0.676. The maximum absolute atomic E-state index is 13.3. The summed E-state index contributed by atoms with van der Waals surface area (Å²) in [5, 5.41) is 0. The van der Waals surface area contributed by atoms with E-state index in [1.165, 1.54) is 24.3 Å². The summed E-state index contributed by atoms with van der Waals surface area (Å²) >= 11 is 0. The number of hydrogen-bond acceptors (Lipinski definition) is 4. The molecule has 2 aromatic carbocycles. The minimum atomic E-state index is -3.70. The summed E-state index contributed by atoms with van der Waals surface area (Å²) in [6, 6.07) is 13.3. The Hall–Kier alpha value is -2.82. The number of rotatable bonds is 8. The zero-order valence-electron chi connectivity index (χ0n) is 16.5. The molecule has 0 bridgehead atoms. The van der Waals surface area contributed by atoms with E-state index in [1.54, 1.807) is 12.0 Å². The molecule has 1 aliphatic rings. The summed E-state index contributed by atoms with van der Waals surface area (Å²) in [6.07, 6.45) is 7.30. The Kier molecular flexibility index (Phi) is 6.26. The van der Waals surface area contributed by atoms with Gasteiger partial charge in [0.1, 0.15) is 5.75 Å². The highest BCUT2D eigenvalue weighted by Gasteiger charge is 2.35. The maximum Gasteiger partial charge on any atom is 0.258 e. The van der Waals surface area contributed by atoms with Crippen LogP contribution in [0.15, 0.2) is 53.4 Å². The average Bonchev–Trinajstić information content (AvgIpc) is 3.58. The molecule has 0 heterocycles. The van der Waals surface area contributed by atoms with Crippen LogP contribution in [0.4, 0.5) is 5.69 Å². The zero-order chi connectivity index (χ0) is 21.0. The number of nitrogens with one attached hydrogen (secondary N) is 1. The van der Waals surface area contributed by atoms with Gasteiger partial charge in [-0.1, -0.05) is 5.92 Å². The van der Waals surface area contributed by atoms with Crippen molar-refractivity contribution in [3.05, 3.63) is 54.1 Å². The lowest BCUT2D eigenvalue weighted by atomic mass is 10.1. The number of amides is 1. The lowest BCUT2D eigenvalue weighted by Crippen LogP contribution is -2.40. The van der Waals surface area contributed by atoms with Gasteiger partial charge in [0.15, 0.2) is 0 Å². The molecule has 1 unspecified atom stereocenters. The SMILES string of the molecule is C#CCNS(=O)(=O)c1ccc(C(=O)N(c2ccc(OC)cc2)C(C)C2CC2)cc1. The van der Waals surface area contributed by atoms with E-state index in [4.69, 9.17) is 11.2 Å². The summed E-state index contributed by atoms with van der Waals surface area (Å²) in [7, 11) is -2.10. The van der Waals surface area contributed by atoms with E-state index in [-0.39, 0.29) is 23.4 Å². The van der Waals surface area contributed by atoms with Crippen LogP contribution in [0, 0.1) is 18.3 Å². The first-order valence-corrected chi connectivity index (χ1v) is 10.9. The molecule has 1 saturated carbocycles. The molecule has 1 fully saturated rings. The van der Waals surface area contributed by atoms with Crippen molar-refractivity contribution in [1.29, 1.82) is 0 Å². The lowest BCUT2D eigenvalue weighted by molar-refractivity contribution is 0.0975. The number of terminal acetylenes is 1. The fraction of sp³-hybridized carbons (Fsp3) is 0.318. The van der Waals surface area contributed by atoms with Crippen LogP contribution in [0.25, 0.3) is 0 Å². The lowest BCUT2D eigenvalue weighted by Gasteiger charge is -2.30. The van der Waals surface area contributed by atoms with Crippen LogP contribution >= 0.6 is 0 Å². The van der Waals surface area contributed by atoms with Crippen molar-refractivity contribution < 1.29 is 17.9 Å². The zero-order valence-corrected chi connectivity index (χ0v) is 17.3. The molecule has 0 aromatic heterocycles. The van der Waals surface area contributed by atoms with Crippen LogP contribution < -0.4 is 14.4 Å². The van der Waals surface area contributed by atoms with Crippen molar-refractivity contribution in [2.24, 2.45) is 5.92 Å². The monoisotopic (exact) mass is 412 g/mol. The Bertz CT molecular complexity index is 1000. The number of ether oxygens (including phenoxy) is 1. The smallest absolute Gasteiger partial charge is 0.258 e. The number of sulfonamides is 1. The van der Waals surface area contributed by atoms with E-state index in [9.17, 15) is 13.2 Å². The number of benzene rings is 2. The van der Waals surface area contributed by atoms with E-state index in [1.807, 2.05) is 31.2 Å². The molecular formula is C22H24N2O4S. The van der Waals surface area contributed by atoms with Gasteiger partial charge >= 0.3 is 0 Å². The van der Waals surface area contributed by atoms with Crippen LogP contribution in [-0.4, -0.2) is 34.0 Å². The third-order valence-electron chi connectivity index (χ3n) is 5.06. The number of carbonyl (C=O) groups is 1. The fourth-order valence-corrected chi connectivity index (χ4v) is 4.14. The fourth-order valence-electron chi connectivity index (χ4n) is 3.21. The highest BCUT2D eigenvalue weighted by Crippen LogP contribution is 2.38. The van der Waals surface area contributed by atoms with Gasteiger partial charge < -0.3 is 9.64 Å². The second-order valence-electron chi connectivity index (χ2n) is 7.00. The van der Waals surface area contributed by atoms with E-state index < -0.39 is 10.0 Å². The van der Waals surface area contributed by atoms with Gasteiger partial charge in [0, 0.05) is 17.3 Å². The largest absolute Gasteiger partial charge is 0.497 e. The van der Waals surface area contributed by atoms with Crippen LogP contribution in [0.3, 0.4) is 0 Å². The van der Waals surface area contributed by atoms with Gasteiger partial charge in [0.25, 0.3) is 5.91 Å². The summed E-state index contributed by atoms with van der Waals surface area (Å²) < 4.78 is 31.9. The molecular weight excluding hydrogens is 388 g/mol. The third kappa shape index (κ3) is 4.78. The van der Waals surface area contributed by atoms with Crippen LogP contribution in [0.5, 0.6) is 5.75 Å². The maximum atomic E-state index is 13.3. The first-order chi connectivity index (χ1) is 13.9. The Morgan fingerprint density at radius 2 is 1.83 bits per heavy atom. The molecule has 1 N–H and O–H groups in total. The van der Waals surface area contributed by atoms with Crippen LogP contribution in [-0.2, 0) is 10.0 Å². The Balaban J connectivity index is 1.88. The molecule has 1 aliphatic carbocycles. The predicted octanol–water partition coefficient (Wildman–Crippen LogP) is 3.05. The Morgan fingerprint density at radius 1 is 1.21 bits per heavy atom. The standard InChI is InChI=1S/C22H24N2O4S/c1-4-15-23-29(26,27)21-13-7-18(8-14-21)22(25)24(16(2)17-5-6-17)19-9-11-20(28-3)12-10-19/h1,7-14,16-17,23H,5-6,15H2,2-3H3. The number of methoxy groups -OCH3 is 1. The number of hydrogen-bond donors (Lipinski definition) is 1. The second-order valence-corrected chi connectivity index (χ2v) is 8.77. The van der Waals surface area contributed by atoms with Gasteiger partial charge in [-0.25, -0.2) is 8.42 Å². The van der Waals surface area contributed by atoms with Gasteiger partial charge in [-0.05, 0) is 74.2 Å². The van der Waals surface area contributed by atoms with E-state index in [2.05, 4.69) is 10.6 Å². The molecule has 29 heavy (non-hydrogen) atoms. The summed E-state index contributed by atoms with van der Waals surface area (Å²) in [5.41, 5.74) is 1.20. The highest BCUT2D eigenvalue weighted by molar-refractivity contribution is 7.89. The molecule has 1 amide bonds. The van der Waals surface area contributed by atoms with Crippen molar-refractivity contribution in [3.8, 4) is 18.1 Å². The van der Waals surface area contributed by atoms with E-state index in [0.29, 0.717) is 17.2 Å². The second kappa shape index (κ2) is 8.68. The highest BCUT2D eigenvalue weighted by atomic mass is 32.2.